The molecule has 3 N–H and O–H groups in total. The summed E-state index contributed by atoms with van der Waals surface area (Å²) >= 11 is 0. The minimum Gasteiger partial charge on any atom is -0.361 e. The molecule has 1 aliphatic rings. The molecule has 2 aromatic rings. The first kappa shape index (κ1) is 12.7. The zero-order chi connectivity index (χ0) is 13.2. The van der Waals surface area contributed by atoms with Gasteiger partial charge in [-0.15, -0.1) is 0 Å². The first-order valence-electron chi connectivity index (χ1n) is 7.28. The summed E-state index contributed by atoms with van der Waals surface area (Å²) in [7, 11) is 0. The lowest BCUT2D eigenvalue weighted by atomic mass is 9.98. The van der Waals surface area contributed by atoms with Crippen molar-refractivity contribution in [3.8, 4) is 0 Å². The third kappa shape index (κ3) is 2.67. The van der Waals surface area contributed by atoms with Crippen LogP contribution in [0.4, 0.5) is 0 Å². The van der Waals surface area contributed by atoms with Gasteiger partial charge < -0.3 is 15.6 Å². The minimum atomic E-state index is 0.551. The molecule has 1 aromatic carbocycles. The lowest BCUT2D eigenvalue weighted by molar-refractivity contribution is 0.417. The van der Waals surface area contributed by atoms with Crippen molar-refractivity contribution in [2.45, 2.75) is 32.2 Å². The molecule has 0 amide bonds. The quantitative estimate of drug-likeness (QED) is 0.790. The van der Waals surface area contributed by atoms with Crippen molar-refractivity contribution >= 4 is 10.9 Å². The molecule has 1 unspecified atom stereocenters. The number of fused-ring (bicyclic) bond motifs is 1. The molecule has 1 aromatic heterocycles. The molecule has 1 atom stereocenters. The van der Waals surface area contributed by atoms with E-state index in [1.807, 2.05) is 0 Å². The number of H-pyrrole nitrogens is 1. The molecule has 3 rings (SSSR count). The molecule has 0 aliphatic carbocycles. The van der Waals surface area contributed by atoms with E-state index in [-0.39, 0.29) is 0 Å². The van der Waals surface area contributed by atoms with Crippen LogP contribution in [0, 0.1) is 0 Å². The Kier molecular flexibility index (Phi) is 3.58. The molecule has 102 valence electrons. The fraction of sp³-hybridized carbons (Fsp3) is 0.500. The summed E-state index contributed by atoms with van der Waals surface area (Å²) < 4.78 is 0. The molecule has 0 saturated carbocycles. The first-order chi connectivity index (χ1) is 9.24. The Bertz CT molecular complexity index is 550. The van der Waals surface area contributed by atoms with Crippen LogP contribution in [-0.2, 0) is 6.42 Å². The van der Waals surface area contributed by atoms with Crippen molar-refractivity contribution in [1.82, 2.24) is 15.6 Å². The predicted molar refractivity (Wildman–Crippen MR) is 80.8 cm³/mol. The largest absolute Gasteiger partial charge is 0.361 e. The Balaban J connectivity index is 1.87. The van der Waals surface area contributed by atoms with Gasteiger partial charge in [-0.05, 0) is 35.6 Å². The van der Waals surface area contributed by atoms with E-state index in [2.05, 4.69) is 53.9 Å². The first-order valence-corrected chi connectivity index (χ1v) is 7.28. The summed E-state index contributed by atoms with van der Waals surface area (Å²) in [5.41, 5.74) is 4.10. The van der Waals surface area contributed by atoms with Crippen molar-refractivity contribution < 1.29 is 0 Å². The molecule has 3 heteroatoms. The van der Waals surface area contributed by atoms with E-state index in [4.69, 9.17) is 0 Å². The molecular formula is C16H23N3. The van der Waals surface area contributed by atoms with Gasteiger partial charge in [0.1, 0.15) is 0 Å². The minimum absolute atomic E-state index is 0.551. The predicted octanol–water partition coefficient (Wildman–Crippen LogP) is 2.40. The third-order valence-electron chi connectivity index (χ3n) is 4.05. The highest BCUT2D eigenvalue weighted by atomic mass is 15.0. The molecular weight excluding hydrogens is 234 g/mol. The van der Waals surface area contributed by atoms with E-state index < -0.39 is 0 Å². The van der Waals surface area contributed by atoms with Gasteiger partial charge in [0.05, 0.1) is 0 Å². The second-order valence-electron chi connectivity index (χ2n) is 5.83. The molecule has 1 saturated heterocycles. The summed E-state index contributed by atoms with van der Waals surface area (Å²) in [5, 5.41) is 8.42. The van der Waals surface area contributed by atoms with Gasteiger partial charge in [0.2, 0.25) is 0 Å². The molecule has 19 heavy (non-hydrogen) atoms. The van der Waals surface area contributed by atoms with E-state index in [9.17, 15) is 0 Å². The van der Waals surface area contributed by atoms with Crippen LogP contribution in [-0.4, -0.2) is 30.7 Å². The van der Waals surface area contributed by atoms with Crippen molar-refractivity contribution in [3.63, 3.8) is 0 Å². The maximum atomic E-state index is 3.58. The van der Waals surface area contributed by atoms with Crippen LogP contribution in [0.3, 0.4) is 0 Å². The van der Waals surface area contributed by atoms with Crippen molar-refractivity contribution in [2.24, 2.45) is 0 Å². The summed E-state index contributed by atoms with van der Waals surface area (Å²) in [4.78, 5) is 3.40. The normalized spacial score (nSPS) is 20.3. The Hall–Kier alpha value is -1.32. The number of rotatable bonds is 3. The smallest absolute Gasteiger partial charge is 0.0457 e. The van der Waals surface area contributed by atoms with Crippen LogP contribution in [0.5, 0.6) is 0 Å². The van der Waals surface area contributed by atoms with Crippen LogP contribution >= 0.6 is 0 Å². The van der Waals surface area contributed by atoms with Crippen molar-refractivity contribution in [2.75, 3.05) is 19.6 Å². The SMILES string of the molecule is CC(C)c1ccc2[nH]cc(CC3CNCCN3)c2c1. The number of aromatic nitrogens is 1. The van der Waals surface area contributed by atoms with E-state index in [1.54, 1.807) is 0 Å². The number of piperazine rings is 1. The maximum absolute atomic E-state index is 3.58. The van der Waals surface area contributed by atoms with Gasteiger partial charge in [-0.1, -0.05) is 19.9 Å². The topological polar surface area (TPSA) is 39.9 Å². The second kappa shape index (κ2) is 5.35. The number of benzene rings is 1. The monoisotopic (exact) mass is 257 g/mol. The number of hydrogen-bond donors (Lipinski definition) is 3. The fourth-order valence-corrected chi connectivity index (χ4v) is 2.85. The lowest BCUT2D eigenvalue weighted by Gasteiger charge is -2.24. The highest BCUT2D eigenvalue weighted by Gasteiger charge is 2.15. The highest BCUT2D eigenvalue weighted by Crippen LogP contribution is 2.24. The van der Waals surface area contributed by atoms with Crippen LogP contribution in [0.1, 0.15) is 30.9 Å². The van der Waals surface area contributed by atoms with Crippen LogP contribution in [0.15, 0.2) is 24.4 Å². The summed E-state index contributed by atoms with van der Waals surface area (Å²) in [6.45, 7) is 7.73. The fourth-order valence-electron chi connectivity index (χ4n) is 2.85. The van der Waals surface area contributed by atoms with Gasteiger partial charge in [-0.2, -0.15) is 0 Å². The number of nitrogens with one attached hydrogen (secondary N) is 3. The summed E-state index contributed by atoms with van der Waals surface area (Å²) in [6.07, 6.45) is 3.26. The van der Waals surface area contributed by atoms with Gasteiger partial charge >= 0.3 is 0 Å². The molecule has 2 heterocycles. The Labute approximate surface area is 114 Å². The van der Waals surface area contributed by atoms with Gasteiger partial charge in [-0.25, -0.2) is 0 Å². The van der Waals surface area contributed by atoms with Crippen molar-refractivity contribution in [3.05, 3.63) is 35.5 Å². The Morgan fingerprint density at radius 3 is 2.89 bits per heavy atom. The molecule has 0 bridgehead atoms. The molecule has 0 spiro atoms. The molecule has 3 nitrogen and oxygen atoms in total. The number of aromatic amines is 1. The molecule has 1 fully saturated rings. The van der Waals surface area contributed by atoms with Crippen LogP contribution in [0.25, 0.3) is 10.9 Å². The van der Waals surface area contributed by atoms with Gasteiger partial charge in [0.15, 0.2) is 0 Å². The summed E-state index contributed by atoms with van der Waals surface area (Å²) in [6, 6.07) is 7.34. The Morgan fingerprint density at radius 1 is 1.26 bits per heavy atom. The van der Waals surface area contributed by atoms with Crippen LogP contribution < -0.4 is 10.6 Å². The van der Waals surface area contributed by atoms with Crippen LogP contribution in [0.2, 0.25) is 0 Å². The maximum Gasteiger partial charge on any atom is 0.0457 e. The van der Waals surface area contributed by atoms with Gasteiger partial charge in [0.25, 0.3) is 0 Å². The van der Waals surface area contributed by atoms with E-state index >= 15 is 0 Å². The van der Waals surface area contributed by atoms with E-state index in [0.717, 1.165) is 26.1 Å². The average Bonchev–Trinajstić information content (AvgIpc) is 2.82. The third-order valence-corrected chi connectivity index (χ3v) is 4.05. The standard InChI is InChI=1S/C16H23N3/c1-11(2)12-3-4-16-15(8-12)13(9-19-16)7-14-10-17-5-6-18-14/h3-4,8-9,11,14,17-19H,5-7,10H2,1-2H3. The second-order valence-corrected chi connectivity index (χ2v) is 5.83. The van der Waals surface area contributed by atoms with E-state index in [1.165, 1.54) is 22.0 Å². The Morgan fingerprint density at radius 2 is 2.16 bits per heavy atom. The summed E-state index contributed by atoms with van der Waals surface area (Å²) in [5.74, 6) is 0.585. The average molecular weight is 257 g/mol. The van der Waals surface area contributed by atoms with Gasteiger partial charge in [0, 0.05) is 42.8 Å². The zero-order valence-electron chi connectivity index (χ0n) is 11.8. The number of hydrogen-bond acceptors (Lipinski definition) is 2. The van der Waals surface area contributed by atoms with Crippen molar-refractivity contribution in [1.29, 1.82) is 0 Å². The van der Waals surface area contributed by atoms with Gasteiger partial charge in [-0.3, -0.25) is 0 Å². The zero-order valence-corrected chi connectivity index (χ0v) is 11.8. The lowest BCUT2D eigenvalue weighted by Crippen LogP contribution is -2.49. The molecule has 1 aliphatic heterocycles. The highest BCUT2D eigenvalue weighted by molar-refractivity contribution is 5.84. The molecule has 0 radical (unpaired) electrons. The van der Waals surface area contributed by atoms with E-state index in [0.29, 0.717) is 12.0 Å².